The fourth-order valence-corrected chi connectivity index (χ4v) is 2.94. The second kappa shape index (κ2) is 5.01. The summed E-state index contributed by atoms with van der Waals surface area (Å²) in [5.41, 5.74) is 0.759. The van der Waals surface area contributed by atoms with Crippen LogP contribution in [0.15, 0.2) is 23.0 Å². The van der Waals surface area contributed by atoms with E-state index in [0.29, 0.717) is 24.3 Å². The number of hydrogen-bond donors (Lipinski definition) is 2. The SMILES string of the molecule is N=C1CC=CSC1OC1SC=CCC1=N. The molecule has 0 saturated heterocycles. The second-order valence-electron chi connectivity index (χ2n) is 3.27. The molecule has 0 spiro atoms. The summed E-state index contributed by atoms with van der Waals surface area (Å²) in [6, 6.07) is 0. The van der Waals surface area contributed by atoms with Crippen LogP contribution < -0.4 is 0 Å². The Morgan fingerprint density at radius 3 is 1.87 bits per heavy atom. The molecule has 80 valence electrons. The monoisotopic (exact) mass is 240 g/mol. The summed E-state index contributed by atoms with van der Waals surface area (Å²) in [6.07, 6.45) is 5.26. The van der Waals surface area contributed by atoms with Gasteiger partial charge in [-0.2, -0.15) is 0 Å². The highest BCUT2D eigenvalue weighted by molar-refractivity contribution is 8.04. The molecule has 0 amide bonds. The lowest BCUT2D eigenvalue weighted by Crippen LogP contribution is -2.30. The first-order valence-electron chi connectivity index (χ1n) is 4.68. The molecule has 2 heterocycles. The Balaban J connectivity index is 1.96. The molecular formula is C10H12N2OS2. The molecule has 0 aromatic rings. The maximum absolute atomic E-state index is 7.74. The lowest BCUT2D eigenvalue weighted by molar-refractivity contribution is 0.166. The summed E-state index contributed by atoms with van der Waals surface area (Å²) in [5, 5.41) is 19.4. The van der Waals surface area contributed by atoms with E-state index in [1.165, 1.54) is 23.5 Å². The van der Waals surface area contributed by atoms with Gasteiger partial charge in [-0.25, -0.2) is 0 Å². The van der Waals surface area contributed by atoms with Crippen molar-refractivity contribution in [3.63, 3.8) is 0 Å². The number of thioether (sulfide) groups is 2. The second-order valence-corrected chi connectivity index (χ2v) is 5.22. The van der Waals surface area contributed by atoms with Gasteiger partial charge < -0.3 is 15.6 Å². The van der Waals surface area contributed by atoms with Crippen LogP contribution in [0.1, 0.15) is 12.8 Å². The standard InChI is InChI=1S/C10H12N2OS2/c11-7-3-1-5-14-9(7)13-10-8(12)4-2-6-15-10/h1-2,5-6,9-12H,3-4H2. The normalized spacial score (nSPS) is 30.9. The first kappa shape index (κ1) is 11.0. The van der Waals surface area contributed by atoms with Crippen molar-refractivity contribution in [1.29, 1.82) is 10.8 Å². The zero-order valence-corrected chi connectivity index (χ0v) is 9.74. The van der Waals surface area contributed by atoms with Gasteiger partial charge in [0.25, 0.3) is 0 Å². The zero-order valence-electron chi connectivity index (χ0n) is 8.10. The minimum absolute atomic E-state index is 0.209. The molecule has 2 unspecified atom stereocenters. The van der Waals surface area contributed by atoms with Crippen LogP contribution in [0.5, 0.6) is 0 Å². The maximum atomic E-state index is 7.74. The van der Waals surface area contributed by atoms with Crippen LogP contribution in [0.2, 0.25) is 0 Å². The van der Waals surface area contributed by atoms with Crippen LogP contribution in [0.4, 0.5) is 0 Å². The molecular weight excluding hydrogens is 228 g/mol. The molecule has 0 aromatic heterocycles. The van der Waals surface area contributed by atoms with E-state index in [2.05, 4.69) is 0 Å². The van der Waals surface area contributed by atoms with Crippen molar-refractivity contribution in [2.75, 3.05) is 0 Å². The highest BCUT2D eigenvalue weighted by Gasteiger charge is 2.25. The Hall–Kier alpha value is -0.520. The van der Waals surface area contributed by atoms with Crippen LogP contribution in [-0.2, 0) is 4.74 Å². The van der Waals surface area contributed by atoms with E-state index in [-0.39, 0.29) is 10.9 Å². The molecule has 3 nitrogen and oxygen atoms in total. The topological polar surface area (TPSA) is 56.9 Å². The Morgan fingerprint density at radius 1 is 1.00 bits per heavy atom. The summed E-state index contributed by atoms with van der Waals surface area (Å²) in [6.45, 7) is 0. The minimum Gasteiger partial charge on any atom is -0.341 e. The Labute approximate surface area is 97.4 Å². The first-order chi connectivity index (χ1) is 7.27. The number of nitrogens with one attached hydrogen (secondary N) is 2. The van der Waals surface area contributed by atoms with Gasteiger partial charge in [-0.05, 0) is 10.8 Å². The summed E-state index contributed by atoms with van der Waals surface area (Å²) in [4.78, 5) is 0. The highest BCUT2D eigenvalue weighted by Crippen LogP contribution is 2.29. The van der Waals surface area contributed by atoms with Crippen LogP contribution in [0.25, 0.3) is 0 Å². The van der Waals surface area contributed by atoms with E-state index in [1.54, 1.807) is 0 Å². The zero-order chi connectivity index (χ0) is 10.7. The Morgan fingerprint density at radius 2 is 1.47 bits per heavy atom. The predicted octanol–water partition coefficient (Wildman–Crippen LogP) is 3.00. The number of hydrogen-bond acceptors (Lipinski definition) is 5. The van der Waals surface area contributed by atoms with E-state index >= 15 is 0 Å². The van der Waals surface area contributed by atoms with E-state index < -0.39 is 0 Å². The summed E-state index contributed by atoms with van der Waals surface area (Å²) >= 11 is 3.01. The quantitative estimate of drug-likeness (QED) is 0.780. The molecule has 5 heteroatoms. The van der Waals surface area contributed by atoms with Crippen molar-refractivity contribution >= 4 is 34.9 Å². The first-order valence-corrected chi connectivity index (χ1v) is 6.57. The van der Waals surface area contributed by atoms with Gasteiger partial charge in [0.1, 0.15) is 10.9 Å². The molecule has 2 atom stereocenters. The molecule has 15 heavy (non-hydrogen) atoms. The van der Waals surface area contributed by atoms with Gasteiger partial charge in [-0.1, -0.05) is 35.7 Å². The van der Waals surface area contributed by atoms with Gasteiger partial charge in [0.2, 0.25) is 0 Å². The van der Waals surface area contributed by atoms with Gasteiger partial charge in [0, 0.05) is 12.8 Å². The van der Waals surface area contributed by atoms with Crippen molar-refractivity contribution in [2.45, 2.75) is 23.7 Å². The molecule has 0 bridgehead atoms. The van der Waals surface area contributed by atoms with E-state index in [1.807, 2.05) is 23.0 Å². The third-order valence-corrected chi connectivity index (χ3v) is 4.07. The maximum Gasteiger partial charge on any atom is 0.146 e. The van der Waals surface area contributed by atoms with Crippen LogP contribution in [0, 0.1) is 10.8 Å². The lowest BCUT2D eigenvalue weighted by Gasteiger charge is -2.26. The van der Waals surface area contributed by atoms with Crippen molar-refractivity contribution in [3.05, 3.63) is 23.0 Å². The average Bonchev–Trinajstić information content (AvgIpc) is 2.24. The largest absolute Gasteiger partial charge is 0.341 e. The summed E-state index contributed by atoms with van der Waals surface area (Å²) in [5.74, 6) is 0. The molecule has 2 N–H and O–H groups in total. The van der Waals surface area contributed by atoms with E-state index in [9.17, 15) is 0 Å². The Bertz CT molecular complexity index is 306. The van der Waals surface area contributed by atoms with Crippen LogP contribution in [0.3, 0.4) is 0 Å². The molecule has 0 radical (unpaired) electrons. The van der Waals surface area contributed by atoms with Crippen molar-refractivity contribution < 1.29 is 4.74 Å². The lowest BCUT2D eigenvalue weighted by atomic mass is 10.2. The highest BCUT2D eigenvalue weighted by atomic mass is 32.2. The van der Waals surface area contributed by atoms with E-state index in [4.69, 9.17) is 15.6 Å². The third kappa shape index (κ3) is 2.74. The molecule has 0 aromatic carbocycles. The molecule has 0 fully saturated rings. The summed E-state index contributed by atoms with van der Waals surface area (Å²) < 4.78 is 5.73. The molecule has 0 aliphatic carbocycles. The number of ether oxygens (including phenoxy) is 1. The predicted molar refractivity (Wildman–Crippen MR) is 66.8 cm³/mol. The Kier molecular flexibility index (Phi) is 3.66. The van der Waals surface area contributed by atoms with Gasteiger partial charge in [-0.3, -0.25) is 0 Å². The van der Waals surface area contributed by atoms with Crippen molar-refractivity contribution in [3.8, 4) is 0 Å². The average molecular weight is 240 g/mol. The molecule has 2 aliphatic heterocycles. The van der Waals surface area contributed by atoms with Gasteiger partial charge >= 0.3 is 0 Å². The fraction of sp³-hybridized carbons (Fsp3) is 0.400. The minimum atomic E-state index is -0.209. The smallest absolute Gasteiger partial charge is 0.146 e. The van der Waals surface area contributed by atoms with Crippen molar-refractivity contribution in [1.82, 2.24) is 0 Å². The third-order valence-electron chi connectivity index (χ3n) is 2.09. The number of allylic oxidation sites excluding steroid dienone is 2. The summed E-state index contributed by atoms with van der Waals surface area (Å²) in [7, 11) is 0. The fourth-order valence-electron chi connectivity index (χ4n) is 1.30. The molecule has 2 aliphatic rings. The van der Waals surface area contributed by atoms with Crippen molar-refractivity contribution in [2.24, 2.45) is 0 Å². The van der Waals surface area contributed by atoms with Gasteiger partial charge in [0.15, 0.2) is 0 Å². The van der Waals surface area contributed by atoms with Crippen LogP contribution in [-0.4, -0.2) is 22.3 Å². The van der Waals surface area contributed by atoms with E-state index in [0.717, 1.165) is 0 Å². The number of rotatable bonds is 2. The van der Waals surface area contributed by atoms with Gasteiger partial charge in [-0.15, -0.1) is 0 Å². The molecule has 2 rings (SSSR count). The van der Waals surface area contributed by atoms with Crippen LogP contribution >= 0.6 is 23.5 Å². The molecule has 0 saturated carbocycles. The van der Waals surface area contributed by atoms with Gasteiger partial charge in [0.05, 0.1) is 11.4 Å².